The zero-order valence-corrected chi connectivity index (χ0v) is 19.2. The van der Waals surface area contributed by atoms with Gasteiger partial charge in [-0.2, -0.15) is 0 Å². The normalized spacial score (nSPS) is 11.5. The minimum atomic E-state index is -3.98. The van der Waals surface area contributed by atoms with Gasteiger partial charge < -0.3 is 4.42 Å². The number of furan rings is 1. The molecule has 5 nitrogen and oxygen atoms in total. The number of thiophene rings is 1. The minimum Gasteiger partial charge on any atom is -0.456 e. The molecule has 3 aromatic carbocycles. The molecule has 0 spiro atoms. The molecule has 0 saturated carbocycles. The monoisotopic (exact) mass is 473 g/mol. The Bertz CT molecular complexity index is 1560. The second kappa shape index (κ2) is 8.35. The van der Waals surface area contributed by atoms with Gasteiger partial charge >= 0.3 is 0 Å². The lowest BCUT2D eigenvalue weighted by Crippen LogP contribution is -2.29. The maximum atomic E-state index is 12.6. The molecule has 1 amide bonds. The summed E-state index contributed by atoms with van der Waals surface area (Å²) in [6.07, 6.45) is 0. The molecule has 0 bridgehead atoms. The number of carbonyl (C=O) groups excluding carboxylic acids is 1. The summed E-state index contributed by atoms with van der Waals surface area (Å²) in [6, 6.07) is 27.7. The van der Waals surface area contributed by atoms with Crippen LogP contribution in [-0.2, 0) is 10.0 Å². The number of hydrogen-bond acceptors (Lipinski definition) is 5. The van der Waals surface area contributed by atoms with Crippen molar-refractivity contribution in [3.8, 4) is 22.5 Å². The number of aryl methyl sites for hydroxylation is 1. The summed E-state index contributed by atoms with van der Waals surface area (Å²) in [6.45, 7) is 1.86. The highest BCUT2D eigenvalue weighted by Gasteiger charge is 2.20. The van der Waals surface area contributed by atoms with Gasteiger partial charge in [0.05, 0.1) is 9.77 Å². The van der Waals surface area contributed by atoms with Crippen LogP contribution in [0.4, 0.5) is 0 Å². The Labute approximate surface area is 195 Å². The Morgan fingerprint density at radius 1 is 0.818 bits per heavy atom. The van der Waals surface area contributed by atoms with Crippen LogP contribution in [0.1, 0.15) is 14.5 Å². The van der Waals surface area contributed by atoms with Gasteiger partial charge in [-0.05, 0) is 72.6 Å². The standard InChI is InChI=1S/C26H19NO4S2/c1-17-7-14-25(32-17)26(28)27-33(29,30)22-11-8-19(9-12-22)24-16-21-15-20(10-13-23(21)31-24)18-5-3-2-4-6-18/h2-16H,1H3,(H,27,28). The largest absolute Gasteiger partial charge is 0.456 e. The van der Waals surface area contributed by atoms with Crippen LogP contribution in [0.15, 0.2) is 100 Å². The van der Waals surface area contributed by atoms with Crippen molar-refractivity contribution in [3.05, 3.63) is 101 Å². The van der Waals surface area contributed by atoms with E-state index in [0.717, 1.165) is 32.5 Å². The van der Waals surface area contributed by atoms with E-state index in [-0.39, 0.29) is 4.90 Å². The van der Waals surface area contributed by atoms with Crippen LogP contribution in [0, 0.1) is 6.92 Å². The molecule has 1 N–H and O–H groups in total. The fraction of sp³-hybridized carbons (Fsp3) is 0.0385. The van der Waals surface area contributed by atoms with Crippen molar-refractivity contribution in [2.24, 2.45) is 0 Å². The summed E-state index contributed by atoms with van der Waals surface area (Å²) >= 11 is 1.24. The van der Waals surface area contributed by atoms with E-state index in [1.807, 2.05) is 43.3 Å². The Kier molecular flexibility index (Phi) is 5.36. The molecule has 2 heterocycles. The molecule has 2 aromatic heterocycles. The van der Waals surface area contributed by atoms with Gasteiger partial charge in [-0.3, -0.25) is 4.79 Å². The van der Waals surface area contributed by atoms with Crippen LogP contribution in [0.2, 0.25) is 0 Å². The molecule has 0 aliphatic heterocycles. The van der Waals surface area contributed by atoms with E-state index >= 15 is 0 Å². The van der Waals surface area contributed by atoms with Crippen LogP contribution in [0.25, 0.3) is 33.4 Å². The number of rotatable bonds is 5. The van der Waals surface area contributed by atoms with E-state index in [4.69, 9.17) is 4.42 Å². The van der Waals surface area contributed by atoms with Crippen molar-refractivity contribution in [1.82, 2.24) is 4.72 Å². The number of fused-ring (bicyclic) bond motifs is 1. The van der Waals surface area contributed by atoms with Crippen LogP contribution >= 0.6 is 11.3 Å². The summed E-state index contributed by atoms with van der Waals surface area (Å²) in [5, 5.41) is 0.960. The lowest BCUT2D eigenvalue weighted by Gasteiger charge is -2.06. The van der Waals surface area contributed by atoms with Crippen molar-refractivity contribution in [2.45, 2.75) is 11.8 Å². The van der Waals surface area contributed by atoms with Gasteiger partial charge in [-0.1, -0.05) is 36.4 Å². The zero-order valence-electron chi connectivity index (χ0n) is 17.6. The molecule has 0 fully saturated rings. The molecule has 5 rings (SSSR count). The molecule has 0 atom stereocenters. The second-order valence-corrected chi connectivity index (χ2v) is 10.6. The number of hydrogen-bond donors (Lipinski definition) is 1. The van der Waals surface area contributed by atoms with E-state index < -0.39 is 15.9 Å². The average molecular weight is 474 g/mol. The van der Waals surface area contributed by atoms with E-state index in [2.05, 4.69) is 22.9 Å². The van der Waals surface area contributed by atoms with Crippen molar-refractivity contribution >= 4 is 38.2 Å². The Morgan fingerprint density at radius 2 is 1.55 bits per heavy atom. The maximum absolute atomic E-state index is 12.6. The average Bonchev–Trinajstić information content (AvgIpc) is 3.45. The van der Waals surface area contributed by atoms with Crippen molar-refractivity contribution in [2.75, 3.05) is 0 Å². The molecular formula is C26H19NO4S2. The van der Waals surface area contributed by atoms with E-state index in [9.17, 15) is 13.2 Å². The fourth-order valence-electron chi connectivity index (χ4n) is 3.58. The number of nitrogens with one attached hydrogen (secondary N) is 1. The summed E-state index contributed by atoms with van der Waals surface area (Å²) in [4.78, 5) is 13.6. The van der Waals surface area contributed by atoms with Gasteiger partial charge in [0, 0.05) is 15.8 Å². The molecule has 0 aliphatic rings. The second-order valence-electron chi connectivity index (χ2n) is 7.60. The quantitative estimate of drug-likeness (QED) is 0.327. The van der Waals surface area contributed by atoms with Crippen molar-refractivity contribution < 1.29 is 17.6 Å². The lowest BCUT2D eigenvalue weighted by atomic mass is 10.0. The first-order valence-corrected chi connectivity index (χ1v) is 12.5. The van der Waals surface area contributed by atoms with Crippen LogP contribution in [-0.4, -0.2) is 14.3 Å². The predicted molar refractivity (Wildman–Crippen MR) is 131 cm³/mol. The highest BCUT2D eigenvalue weighted by molar-refractivity contribution is 7.90. The number of carbonyl (C=O) groups is 1. The predicted octanol–water partition coefficient (Wildman–Crippen LogP) is 6.26. The molecule has 0 radical (unpaired) electrons. The van der Waals surface area contributed by atoms with E-state index in [1.54, 1.807) is 24.3 Å². The van der Waals surface area contributed by atoms with Gasteiger partial charge in [-0.15, -0.1) is 11.3 Å². The summed E-state index contributed by atoms with van der Waals surface area (Å²) < 4.78 is 33.4. The summed E-state index contributed by atoms with van der Waals surface area (Å²) in [5.41, 5.74) is 3.71. The first-order chi connectivity index (χ1) is 15.9. The van der Waals surface area contributed by atoms with Gasteiger partial charge in [0.1, 0.15) is 11.3 Å². The highest BCUT2D eigenvalue weighted by atomic mass is 32.2. The molecule has 0 saturated heterocycles. The molecule has 33 heavy (non-hydrogen) atoms. The van der Waals surface area contributed by atoms with Crippen LogP contribution in [0.5, 0.6) is 0 Å². The van der Waals surface area contributed by atoms with Gasteiger partial charge in [0.25, 0.3) is 15.9 Å². The van der Waals surface area contributed by atoms with Crippen LogP contribution in [0.3, 0.4) is 0 Å². The molecule has 0 aliphatic carbocycles. The Balaban J connectivity index is 1.39. The molecule has 5 aromatic rings. The fourth-order valence-corrected chi connectivity index (χ4v) is 5.38. The van der Waals surface area contributed by atoms with Gasteiger partial charge in [0.15, 0.2) is 0 Å². The minimum absolute atomic E-state index is 0.00959. The molecular weight excluding hydrogens is 454 g/mol. The smallest absolute Gasteiger partial charge is 0.275 e. The van der Waals surface area contributed by atoms with E-state index in [0.29, 0.717) is 10.6 Å². The van der Waals surface area contributed by atoms with E-state index in [1.165, 1.54) is 23.5 Å². The lowest BCUT2D eigenvalue weighted by molar-refractivity contribution is 0.0985. The molecule has 0 unspecified atom stereocenters. The Hall–Kier alpha value is -3.68. The Morgan fingerprint density at radius 3 is 2.24 bits per heavy atom. The molecule has 164 valence electrons. The third-order valence-electron chi connectivity index (χ3n) is 5.26. The van der Waals surface area contributed by atoms with Gasteiger partial charge in [-0.25, -0.2) is 13.1 Å². The molecule has 7 heteroatoms. The van der Waals surface area contributed by atoms with Crippen molar-refractivity contribution in [1.29, 1.82) is 0 Å². The van der Waals surface area contributed by atoms with Gasteiger partial charge in [0.2, 0.25) is 0 Å². The summed E-state index contributed by atoms with van der Waals surface area (Å²) in [5.74, 6) is 0.000868. The topological polar surface area (TPSA) is 76.4 Å². The SMILES string of the molecule is Cc1ccc(C(=O)NS(=O)(=O)c2ccc(-c3cc4cc(-c5ccccc5)ccc4o3)cc2)s1. The third kappa shape index (κ3) is 4.33. The zero-order chi connectivity index (χ0) is 23.0. The van der Waals surface area contributed by atoms with Crippen LogP contribution < -0.4 is 4.72 Å². The first-order valence-electron chi connectivity index (χ1n) is 10.2. The third-order valence-corrected chi connectivity index (χ3v) is 7.61. The van der Waals surface area contributed by atoms with Crippen molar-refractivity contribution in [3.63, 3.8) is 0 Å². The number of benzene rings is 3. The summed E-state index contributed by atoms with van der Waals surface area (Å²) in [7, 11) is -3.98. The highest BCUT2D eigenvalue weighted by Crippen LogP contribution is 2.31. The first kappa shape index (κ1) is 21.2. The number of sulfonamides is 1. The number of amides is 1. The maximum Gasteiger partial charge on any atom is 0.275 e.